The van der Waals surface area contributed by atoms with E-state index in [2.05, 4.69) is 40.9 Å². The number of benzene rings is 1. The first kappa shape index (κ1) is 17.1. The molecule has 0 saturated heterocycles. The lowest BCUT2D eigenvalue weighted by atomic mass is 9.89. The average Bonchev–Trinajstić information content (AvgIpc) is 2.98. The molecule has 0 fully saturated rings. The summed E-state index contributed by atoms with van der Waals surface area (Å²) in [6, 6.07) is 6.54. The molecule has 0 bridgehead atoms. The van der Waals surface area contributed by atoms with Gasteiger partial charge in [0.2, 0.25) is 0 Å². The van der Waals surface area contributed by atoms with Crippen molar-refractivity contribution >= 4 is 23.7 Å². The van der Waals surface area contributed by atoms with Gasteiger partial charge in [0.15, 0.2) is 11.5 Å². The Bertz CT molecular complexity index is 615. The van der Waals surface area contributed by atoms with Crippen LogP contribution in [0.25, 0.3) is 0 Å². The van der Waals surface area contributed by atoms with Crippen molar-refractivity contribution in [2.75, 3.05) is 34.4 Å². The Morgan fingerprint density at radius 1 is 1.18 bits per heavy atom. The van der Waals surface area contributed by atoms with Gasteiger partial charge in [0.1, 0.15) is 0 Å². The third-order valence-electron chi connectivity index (χ3n) is 4.22. The number of ether oxygens (including phenoxy) is 2. The van der Waals surface area contributed by atoms with Crippen LogP contribution in [0.15, 0.2) is 29.0 Å². The lowest BCUT2D eigenvalue weighted by Gasteiger charge is -2.21. The summed E-state index contributed by atoms with van der Waals surface area (Å²) in [4.78, 5) is 2.40. The fourth-order valence-corrected chi connectivity index (χ4v) is 3.76. The molecule has 1 unspecified atom stereocenters. The maximum absolute atomic E-state index is 5.50. The largest absolute Gasteiger partial charge is 0.493 e. The van der Waals surface area contributed by atoms with Gasteiger partial charge in [-0.1, -0.05) is 0 Å². The van der Waals surface area contributed by atoms with E-state index in [-0.39, 0.29) is 12.4 Å². The minimum absolute atomic E-state index is 0. The lowest BCUT2D eigenvalue weighted by molar-refractivity contribution is 0.338. The molecule has 5 heteroatoms. The van der Waals surface area contributed by atoms with Gasteiger partial charge in [-0.3, -0.25) is 0 Å². The van der Waals surface area contributed by atoms with E-state index in [9.17, 15) is 0 Å². The Morgan fingerprint density at radius 3 is 2.55 bits per heavy atom. The monoisotopic (exact) mass is 339 g/mol. The van der Waals surface area contributed by atoms with E-state index >= 15 is 0 Å². The SMILES string of the molecule is COc1cc2c(cc1OC)C(c1ccsc1)CN(C)CC2.Cl. The lowest BCUT2D eigenvalue weighted by Crippen LogP contribution is -2.24. The first-order valence-corrected chi connectivity index (χ1v) is 8.12. The zero-order valence-corrected chi connectivity index (χ0v) is 14.8. The summed E-state index contributed by atoms with van der Waals surface area (Å²) in [6.07, 6.45) is 1.05. The van der Waals surface area contributed by atoms with E-state index in [1.807, 2.05) is 0 Å². The van der Waals surface area contributed by atoms with Crippen LogP contribution in [0.1, 0.15) is 22.6 Å². The predicted octanol–water partition coefficient (Wildman–Crippen LogP) is 3.81. The molecular weight excluding hydrogens is 318 g/mol. The third-order valence-corrected chi connectivity index (χ3v) is 4.92. The molecule has 22 heavy (non-hydrogen) atoms. The van der Waals surface area contributed by atoms with Crippen LogP contribution in [0, 0.1) is 0 Å². The van der Waals surface area contributed by atoms with Crippen molar-refractivity contribution in [2.24, 2.45) is 0 Å². The molecule has 3 rings (SSSR count). The van der Waals surface area contributed by atoms with Gasteiger partial charge in [-0.15, -0.1) is 12.4 Å². The number of likely N-dealkylation sites (N-methyl/N-ethyl adjacent to an activating group) is 1. The third kappa shape index (κ3) is 3.24. The van der Waals surface area contributed by atoms with Gasteiger partial charge in [-0.05, 0) is 59.1 Å². The first-order valence-electron chi connectivity index (χ1n) is 7.18. The quantitative estimate of drug-likeness (QED) is 0.848. The van der Waals surface area contributed by atoms with Crippen LogP contribution < -0.4 is 9.47 Å². The van der Waals surface area contributed by atoms with Crippen molar-refractivity contribution in [2.45, 2.75) is 12.3 Å². The molecule has 1 aliphatic heterocycles. The first-order chi connectivity index (χ1) is 10.2. The number of thiophene rings is 1. The molecule has 0 aliphatic carbocycles. The van der Waals surface area contributed by atoms with Gasteiger partial charge >= 0.3 is 0 Å². The van der Waals surface area contributed by atoms with Gasteiger partial charge < -0.3 is 14.4 Å². The zero-order valence-electron chi connectivity index (χ0n) is 13.2. The van der Waals surface area contributed by atoms with Gasteiger partial charge in [0.25, 0.3) is 0 Å². The van der Waals surface area contributed by atoms with E-state index in [4.69, 9.17) is 9.47 Å². The molecule has 0 spiro atoms. The zero-order chi connectivity index (χ0) is 14.8. The maximum atomic E-state index is 5.50. The summed E-state index contributed by atoms with van der Waals surface area (Å²) in [7, 11) is 5.59. The van der Waals surface area contributed by atoms with E-state index in [0.29, 0.717) is 5.92 Å². The number of hydrogen-bond acceptors (Lipinski definition) is 4. The molecule has 3 nitrogen and oxygen atoms in total. The number of methoxy groups -OCH3 is 2. The molecule has 0 saturated carbocycles. The molecule has 2 aromatic rings. The number of fused-ring (bicyclic) bond motifs is 1. The minimum Gasteiger partial charge on any atom is -0.493 e. The highest BCUT2D eigenvalue weighted by Gasteiger charge is 2.25. The number of halogens is 1. The van der Waals surface area contributed by atoms with Crippen molar-refractivity contribution in [3.63, 3.8) is 0 Å². The summed E-state index contributed by atoms with van der Waals surface area (Å²) >= 11 is 1.76. The molecule has 1 aromatic carbocycles. The number of nitrogens with zero attached hydrogens (tertiary/aromatic N) is 1. The molecule has 120 valence electrons. The van der Waals surface area contributed by atoms with Crippen LogP contribution >= 0.6 is 23.7 Å². The predicted molar refractivity (Wildman–Crippen MR) is 94.2 cm³/mol. The number of rotatable bonds is 3. The highest BCUT2D eigenvalue weighted by atomic mass is 35.5. The van der Waals surface area contributed by atoms with Crippen molar-refractivity contribution in [1.82, 2.24) is 4.90 Å². The van der Waals surface area contributed by atoms with Crippen LogP contribution in [0.3, 0.4) is 0 Å². The molecule has 1 aromatic heterocycles. The van der Waals surface area contributed by atoms with Gasteiger partial charge in [-0.2, -0.15) is 11.3 Å². The topological polar surface area (TPSA) is 21.7 Å². The molecule has 1 aliphatic rings. The Hall–Kier alpha value is -1.23. The van der Waals surface area contributed by atoms with E-state index in [1.54, 1.807) is 25.6 Å². The molecule has 0 amide bonds. The van der Waals surface area contributed by atoms with Crippen molar-refractivity contribution in [1.29, 1.82) is 0 Å². The van der Waals surface area contributed by atoms with Crippen LogP contribution in [0.4, 0.5) is 0 Å². The number of hydrogen-bond donors (Lipinski definition) is 0. The fourth-order valence-electron chi connectivity index (χ4n) is 3.05. The molecular formula is C17H22ClNO2S. The normalized spacial score (nSPS) is 18.0. The van der Waals surface area contributed by atoms with Crippen LogP contribution in [0.5, 0.6) is 11.5 Å². The fraction of sp³-hybridized carbons (Fsp3) is 0.412. The highest BCUT2D eigenvalue weighted by Crippen LogP contribution is 2.38. The standard InChI is InChI=1S/C17H21NO2S.ClH/c1-18-6-4-12-8-16(19-2)17(20-3)9-14(12)15(10-18)13-5-7-21-11-13;/h5,7-9,11,15H,4,6,10H2,1-3H3;1H. The molecule has 0 N–H and O–H groups in total. The average molecular weight is 340 g/mol. The molecule has 2 heterocycles. The summed E-state index contributed by atoms with van der Waals surface area (Å²) in [5.41, 5.74) is 4.13. The van der Waals surface area contributed by atoms with Crippen molar-refractivity contribution in [3.05, 3.63) is 45.6 Å². The van der Waals surface area contributed by atoms with E-state index < -0.39 is 0 Å². The van der Waals surface area contributed by atoms with Crippen molar-refractivity contribution < 1.29 is 9.47 Å². The maximum Gasteiger partial charge on any atom is 0.161 e. The Kier molecular flexibility index (Phi) is 5.73. The Morgan fingerprint density at radius 2 is 1.91 bits per heavy atom. The summed E-state index contributed by atoms with van der Waals surface area (Å²) in [5.74, 6) is 2.05. The van der Waals surface area contributed by atoms with Crippen LogP contribution in [-0.2, 0) is 6.42 Å². The molecule has 0 radical (unpaired) electrons. The minimum atomic E-state index is 0. The molecule has 1 atom stereocenters. The second-order valence-corrected chi connectivity index (χ2v) is 6.31. The van der Waals surface area contributed by atoms with Gasteiger partial charge in [0, 0.05) is 19.0 Å². The van der Waals surface area contributed by atoms with Crippen LogP contribution in [0.2, 0.25) is 0 Å². The Labute approximate surface area is 142 Å². The van der Waals surface area contributed by atoms with Crippen LogP contribution in [-0.4, -0.2) is 39.3 Å². The van der Waals surface area contributed by atoms with Gasteiger partial charge in [0.05, 0.1) is 14.2 Å². The Balaban J connectivity index is 0.00000176. The van der Waals surface area contributed by atoms with E-state index in [0.717, 1.165) is 31.0 Å². The summed E-state index contributed by atoms with van der Waals surface area (Å²) in [5, 5.41) is 4.41. The van der Waals surface area contributed by atoms with Crippen molar-refractivity contribution in [3.8, 4) is 11.5 Å². The summed E-state index contributed by atoms with van der Waals surface area (Å²) < 4.78 is 11.0. The smallest absolute Gasteiger partial charge is 0.161 e. The van der Waals surface area contributed by atoms with Gasteiger partial charge in [-0.25, -0.2) is 0 Å². The van der Waals surface area contributed by atoms with E-state index in [1.165, 1.54) is 16.7 Å². The second kappa shape index (κ2) is 7.36. The second-order valence-electron chi connectivity index (χ2n) is 5.53. The highest BCUT2D eigenvalue weighted by molar-refractivity contribution is 7.08. The summed E-state index contributed by atoms with van der Waals surface area (Å²) in [6.45, 7) is 2.11.